The summed E-state index contributed by atoms with van der Waals surface area (Å²) < 4.78 is 39.0. The number of amides is 3. The number of H-pyrrole nitrogens is 2. The lowest BCUT2D eigenvalue weighted by Crippen LogP contribution is -2.52. The number of likely N-dealkylation sites (tertiary alicyclic amines) is 2. The van der Waals surface area contributed by atoms with Crippen molar-refractivity contribution in [3.63, 3.8) is 0 Å². The third-order valence-electron chi connectivity index (χ3n) is 19.7. The van der Waals surface area contributed by atoms with Crippen LogP contribution < -0.4 is 20.4 Å². The number of hydrogen-bond donors (Lipinski definition) is 4. The fourth-order valence-corrected chi connectivity index (χ4v) is 15.6. The number of nitrogens with one attached hydrogen (secondary N) is 4. The second kappa shape index (κ2) is 22.5. The summed E-state index contributed by atoms with van der Waals surface area (Å²) in [5, 5.41) is 6.31. The van der Waals surface area contributed by atoms with E-state index < -0.39 is 23.8 Å². The summed E-state index contributed by atoms with van der Waals surface area (Å²) in [7, 11) is 3.21. The van der Waals surface area contributed by atoms with Gasteiger partial charge in [-0.15, -0.1) is 0 Å². The van der Waals surface area contributed by atoms with Crippen molar-refractivity contribution in [2.24, 2.45) is 11.8 Å². The van der Waals surface area contributed by atoms with Crippen molar-refractivity contribution in [2.45, 2.75) is 119 Å². The number of alkyl carbamates (subject to hydrolysis) is 1. The predicted octanol–water partition coefficient (Wildman–Crippen LogP) is 11.7. The molecule has 2 aliphatic carbocycles. The summed E-state index contributed by atoms with van der Waals surface area (Å²) in [5.74, 6) is 0.609. The maximum absolute atomic E-state index is 17.0. The molecule has 4 N–H and O–H groups in total. The quantitative estimate of drug-likeness (QED) is 0.0883. The number of methoxy groups -OCH3 is 1. The molecule has 6 atom stereocenters. The van der Waals surface area contributed by atoms with Crippen LogP contribution in [0.15, 0.2) is 127 Å². The van der Waals surface area contributed by atoms with E-state index in [9.17, 15) is 14.4 Å². The monoisotopic (exact) mass is 1130 g/mol. The molecule has 0 saturated carbocycles. The first-order chi connectivity index (χ1) is 41.1. The highest BCUT2D eigenvalue weighted by molar-refractivity contribution is 5.87. The lowest BCUT2D eigenvalue weighted by molar-refractivity contribution is -0.136. The highest BCUT2D eigenvalue weighted by atomic mass is 19.1. The van der Waals surface area contributed by atoms with E-state index in [2.05, 4.69) is 98.3 Å². The number of ether oxygens (including phenoxy) is 1. The Kier molecular flexibility index (Phi) is 14.4. The molecule has 3 amide bonds. The van der Waals surface area contributed by atoms with Crippen LogP contribution in [0.25, 0.3) is 22.1 Å². The topological polar surface area (TPSA) is 155 Å². The second-order valence-corrected chi connectivity index (χ2v) is 24.4. The van der Waals surface area contributed by atoms with Gasteiger partial charge in [-0.25, -0.2) is 23.5 Å². The van der Waals surface area contributed by atoms with Gasteiger partial charge in [-0.3, -0.25) is 9.59 Å². The Labute approximate surface area is 488 Å². The van der Waals surface area contributed by atoms with Crippen LogP contribution in [0.3, 0.4) is 0 Å². The molecule has 1 unspecified atom stereocenters. The number of imidazole rings is 2. The molecule has 84 heavy (non-hydrogen) atoms. The molecule has 6 aromatic carbocycles. The number of aromatic amines is 2. The maximum atomic E-state index is 17.0. The number of hydrogen-bond acceptors (Lipinski definition) is 9. The Hall–Kier alpha value is -8.11. The molecule has 14 nitrogen and oxygen atoms in total. The lowest BCUT2D eigenvalue weighted by atomic mass is 9.89. The van der Waals surface area contributed by atoms with E-state index >= 15 is 8.78 Å². The molecule has 0 spiro atoms. The molecule has 432 valence electrons. The molecule has 14 rings (SSSR count). The van der Waals surface area contributed by atoms with Crippen LogP contribution >= 0.6 is 0 Å². The third-order valence-corrected chi connectivity index (χ3v) is 19.7. The van der Waals surface area contributed by atoms with Crippen LogP contribution in [0.5, 0.6) is 0 Å². The minimum Gasteiger partial charge on any atom is -0.453 e. The maximum Gasteiger partial charge on any atom is 0.407 e. The smallest absolute Gasteiger partial charge is 0.407 e. The first kappa shape index (κ1) is 53.9. The van der Waals surface area contributed by atoms with Gasteiger partial charge >= 0.3 is 6.09 Å². The molecule has 2 aromatic heterocycles. The number of halogens is 2. The molecule has 4 saturated heterocycles. The van der Waals surface area contributed by atoms with Gasteiger partial charge in [0.25, 0.3) is 0 Å². The number of anilines is 2. The van der Waals surface area contributed by atoms with E-state index in [1.165, 1.54) is 47.1 Å². The first-order valence-corrected chi connectivity index (χ1v) is 30.4. The van der Waals surface area contributed by atoms with Crippen molar-refractivity contribution in [2.75, 3.05) is 50.1 Å². The van der Waals surface area contributed by atoms with Gasteiger partial charge in [-0.1, -0.05) is 91.0 Å². The predicted molar refractivity (Wildman–Crippen MR) is 321 cm³/mol. The van der Waals surface area contributed by atoms with Crippen molar-refractivity contribution in [3.05, 3.63) is 190 Å². The zero-order valence-corrected chi connectivity index (χ0v) is 47.7. The van der Waals surface area contributed by atoms with Crippen molar-refractivity contribution in [1.82, 2.24) is 40.4 Å². The molecule has 8 aromatic rings. The SMILES string of the molecule is CNC(C(=O)N1CCC[C@H]1c1nc2ccc([C@H]3CC[C@H](c4ccc5nc([C@@H]6CCCN6C(=O)[C@@H](NC(=O)OC)C6Cc7ccccc7C6)[nH]c5c4)N3c3cc(F)c(N4CCC(c5ccccc5)CC4)c(F)c3)cc2[nH]1)C1Cc2ccccc2C1. The third kappa shape index (κ3) is 9.92. The number of aromatic nitrogens is 4. The summed E-state index contributed by atoms with van der Waals surface area (Å²) in [6.07, 6.45) is 8.63. The van der Waals surface area contributed by atoms with Crippen LogP contribution in [0.2, 0.25) is 0 Å². The lowest BCUT2D eigenvalue weighted by Gasteiger charge is -2.36. The Balaban J connectivity index is 0.758. The molecular formula is C68H72F2N10O4. The Morgan fingerprint density at radius 1 is 0.560 bits per heavy atom. The number of benzene rings is 6. The summed E-state index contributed by atoms with van der Waals surface area (Å²) in [4.78, 5) is 67.5. The first-order valence-electron chi connectivity index (χ1n) is 30.4. The Morgan fingerprint density at radius 2 is 1.04 bits per heavy atom. The Bertz CT molecular complexity index is 3710. The minimum atomic E-state index is -0.778. The van der Waals surface area contributed by atoms with E-state index in [4.69, 9.17) is 14.7 Å². The zero-order chi connectivity index (χ0) is 57.2. The zero-order valence-electron chi connectivity index (χ0n) is 47.7. The molecular weight excluding hydrogens is 1060 g/mol. The number of likely N-dealkylation sites (N-methyl/N-ethyl adjacent to an activating group) is 1. The Morgan fingerprint density at radius 3 is 1.52 bits per heavy atom. The van der Waals surface area contributed by atoms with E-state index in [1.54, 1.807) is 0 Å². The molecule has 6 heterocycles. The van der Waals surface area contributed by atoms with Gasteiger partial charge in [-0.05, 0) is 177 Å². The van der Waals surface area contributed by atoms with Crippen LogP contribution in [0.4, 0.5) is 25.0 Å². The van der Waals surface area contributed by atoms with Gasteiger partial charge in [-0.2, -0.15) is 0 Å². The number of piperidine rings is 1. The van der Waals surface area contributed by atoms with Crippen LogP contribution in [0, 0.1) is 23.5 Å². The van der Waals surface area contributed by atoms with Crippen molar-refractivity contribution in [3.8, 4) is 0 Å². The largest absolute Gasteiger partial charge is 0.453 e. The summed E-state index contributed by atoms with van der Waals surface area (Å²) in [5.41, 5.74) is 11.9. The van der Waals surface area contributed by atoms with Gasteiger partial charge in [0, 0.05) is 31.9 Å². The van der Waals surface area contributed by atoms with Crippen LogP contribution in [0.1, 0.15) is 132 Å². The van der Waals surface area contributed by atoms with E-state index in [1.807, 2.05) is 64.2 Å². The summed E-state index contributed by atoms with van der Waals surface area (Å²) in [6.45, 7) is 2.28. The number of fused-ring (bicyclic) bond motifs is 4. The fourth-order valence-electron chi connectivity index (χ4n) is 15.6. The highest BCUT2D eigenvalue weighted by Crippen LogP contribution is 2.49. The van der Waals surface area contributed by atoms with E-state index in [0.29, 0.717) is 75.7 Å². The highest BCUT2D eigenvalue weighted by Gasteiger charge is 2.44. The molecule has 6 aliphatic rings. The average Bonchev–Trinajstić information content (AvgIpc) is 4.51. The van der Waals surface area contributed by atoms with E-state index in [0.717, 1.165) is 84.0 Å². The molecule has 0 bridgehead atoms. The molecule has 0 radical (unpaired) electrons. The standard InChI is InChI=1S/C68H72F2N10O4/c1-71-61(48-32-42-14-6-7-15-43(42)33-48)66(81)78-28-10-18-59(78)64-72-53-22-20-46(36-55(53)74-64)57-24-25-58(80(57)50-38-51(69)63(52(70)39-50)77-30-26-41(27-31-77)40-12-4-3-5-13-40)47-21-23-54-56(37-47)75-65(73-54)60-19-11-29-79(60)67(82)62(76-68(83)84-2)49-34-44-16-8-9-17-45(44)35-49/h3-9,12-17,20-23,36-39,41,48-49,57-62,71H,10-11,18-19,24-35H2,1-2H3,(H,72,74)(H,73,75)(H,76,83)/t57-,58-,59+,60+,61?,62+/m1/s1. The van der Waals surface area contributed by atoms with Crippen molar-refractivity contribution < 1.29 is 27.9 Å². The summed E-state index contributed by atoms with van der Waals surface area (Å²) >= 11 is 0. The normalized spacial score (nSPS) is 21.9. The number of carbonyl (C=O) groups excluding carboxylic acids is 3. The summed E-state index contributed by atoms with van der Waals surface area (Å²) in [6, 6.07) is 40.4. The minimum absolute atomic E-state index is 0.0179. The van der Waals surface area contributed by atoms with Gasteiger partial charge in [0.05, 0.1) is 59.4 Å². The van der Waals surface area contributed by atoms with Crippen molar-refractivity contribution >= 4 is 51.3 Å². The fraction of sp³-hybridized carbons (Fsp3) is 0.397. The van der Waals surface area contributed by atoms with Gasteiger partial charge in [0.1, 0.15) is 23.4 Å². The number of nitrogens with zero attached hydrogens (tertiary/aromatic N) is 6. The van der Waals surface area contributed by atoms with E-state index in [-0.39, 0.29) is 59.5 Å². The van der Waals surface area contributed by atoms with Gasteiger partial charge < -0.3 is 44.9 Å². The van der Waals surface area contributed by atoms with Gasteiger partial charge in [0.15, 0.2) is 11.6 Å². The van der Waals surface area contributed by atoms with Crippen LogP contribution in [-0.4, -0.2) is 100 Å². The number of carbonyl (C=O) groups is 3. The number of rotatable bonds is 13. The molecule has 4 fully saturated rings. The molecule has 4 aliphatic heterocycles. The van der Waals surface area contributed by atoms with Crippen LogP contribution in [-0.2, 0) is 40.0 Å². The average molecular weight is 1130 g/mol. The second-order valence-electron chi connectivity index (χ2n) is 24.4. The van der Waals surface area contributed by atoms with Crippen molar-refractivity contribution in [1.29, 1.82) is 0 Å². The van der Waals surface area contributed by atoms with Gasteiger partial charge in [0.2, 0.25) is 11.8 Å². The molecule has 16 heteroatoms.